The average molecular weight is 404 g/mol. The lowest BCUT2D eigenvalue weighted by Crippen LogP contribution is -2.49. The monoisotopic (exact) mass is 404 g/mol. The van der Waals surface area contributed by atoms with E-state index in [2.05, 4.69) is 5.32 Å². The van der Waals surface area contributed by atoms with Gasteiger partial charge in [0.2, 0.25) is 5.91 Å². The molecular weight excluding hydrogens is 376 g/mol. The van der Waals surface area contributed by atoms with Crippen molar-refractivity contribution < 1.29 is 28.5 Å². The Morgan fingerprint density at radius 3 is 2.72 bits per heavy atom. The van der Waals surface area contributed by atoms with E-state index in [1.807, 2.05) is 18.2 Å². The van der Waals surface area contributed by atoms with E-state index in [0.717, 1.165) is 5.56 Å². The van der Waals surface area contributed by atoms with Crippen LogP contribution in [-0.2, 0) is 14.3 Å². The zero-order valence-electron chi connectivity index (χ0n) is 17.1. The van der Waals surface area contributed by atoms with Crippen LogP contribution in [0.5, 0.6) is 11.5 Å². The minimum absolute atomic E-state index is 0.106. The van der Waals surface area contributed by atoms with Crippen molar-refractivity contribution in [2.45, 2.75) is 32.5 Å². The molecule has 1 unspecified atom stereocenters. The van der Waals surface area contributed by atoms with Crippen LogP contribution in [0, 0.1) is 0 Å². The van der Waals surface area contributed by atoms with Gasteiger partial charge < -0.3 is 29.2 Å². The molecule has 3 rings (SSSR count). The van der Waals surface area contributed by atoms with Gasteiger partial charge in [-0.1, -0.05) is 6.07 Å². The van der Waals surface area contributed by atoms with Gasteiger partial charge in [-0.15, -0.1) is 0 Å². The van der Waals surface area contributed by atoms with Crippen LogP contribution in [-0.4, -0.2) is 68.1 Å². The summed E-state index contributed by atoms with van der Waals surface area (Å²) in [6, 6.07) is 5.57. The second-order valence-electron chi connectivity index (χ2n) is 7.90. The smallest absolute Gasteiger partial charge is 0.407 e. The Hall–Kier alpha value is -2.74. The highest BCUT2D eigenvalue weighted by Gasteiger charge is 2.24. The Morgan fingerprint density at radius 2 is 1.97 bits per heavy atom. The van der Waals surface area contributed by atoms with Crippen molar-refractivity contribution in [1.29, 1.82) is 0 Å². The van der Waals surface area contributed by atoms with Crippen LogP contribution in [0.25, 0.3) is 6.08 Å². The molecule has 2 aliphatic rings. The summed E-state index contributed by atoms with van der Waals surface area (Å²) in [4.78, 5) is 26.0. The number of carbonyl (C=O) groups is 2. The SMILES string of the molecule is CC(C)(C)OC(=O)NCC1CN(C(=O)/C=C/c2ccc3c(c2)OCCO3)CCO1. The van der Waals surface area contributed by atoms with Crippen LogP contribution in [0.2, 0.25) is 0 Å². The molecule has 1 fully saturated rings. The third-order valence-corrected chi connectivity index (χ3v) is 4.31. The van der Waals surface area contributed by atoms with Crippen molar-refractivity contribution >= 4 is 18.1 Å². The number of carbonyl (C=O) groups excluding carboxylic acids is 2. The number of hydrogen-bond donors (Lipinski definition) is 1. The summed E-state index contributed by atoms with van der Waals surface area (Å²) >= 11 is 0. The molecule has 8 heteroatoms. The molecule has 0 saturated carbocycles. The Balaban J connectivity index is 1.50. The molecule has 0 bridgehead atoms. The van der Waals surface area contributed by atoms with Gasteiger partial charge in [-0.2, -0.15) is 0 Å². The highest BCUT2D eigenvalue weighted by atomic mass is 16.6. The quantitative estimate of drug-likeness (QED) is 0.775. The highest BCUT2D eigenvalue weighted by Crippen LogP contribution is 2.31. The Morgan fingerprint density at radius 1 is 1.21 bits per heavy atom. The van der Waals surface area contributed by atoms with Crippen molar-refractivity contribution in [3.05, 3.63) is 29.8 Å². The van der Waals surface area contributed by atoms with Gasteiger partial charge >= 0.3 is 6.09 Å². The molecule has 0 aromatic heterocycles. The Kier molecular flexibility index (Phi) is 6.64. The molecule has 1 saturated heterocycles. The van der Waals surface area contributed by atoms with Gasteiger partial charge in [0.25, 0.3) is 0 Å². The van der Waals surface area contributed by atoms with Crippen molar-refractivity contribution in [2.24, 2.45) is 0 Å². The minimum atomic E-state index is -0.557. The van der Waals surface area contributed by atoms with Crippen molar-refractivity contribution in [3.63, 3.8) is 0 Å². The molecule has 29 heavy (non-hydrogen) atoms. The van der Waals surface area contributed by atoms with E-state index in [-0.39, 0.29) is 18.6 Å². The number of ether oxygens (including phenoxy) is 4. The summed E-state index contributed by atoms with van der Waals surface area (Å²) in [5.74, 6) is 1.30. The van der Waals surface area contributed by atoms with E-state index in [4.69, 9.17) is 18.9 Å². The summed E-state index contributed by atoms with van der Waals surface area (Å²) < 4.78 is 21.9. The number of nitrogens with zero attached hydrogens (tertiary/aromatic N) is 1. The lowest BCUT2D eigenvalue weighted by molar-refractivity contribution is -0.133. The van der Waals surface area contributed by atoms with Gasteiger partial charge in [0, 0.05) is 25.7 Å². The number of alkyl carbamates (subject to hydrolysis) is 1. The lowest BCUT2D eigenvalue weighted by Gasteiger charge is -2.32. The maximum Gasteiger partial charge on any atom is 0.407 e. The van der Waals surface area contributed by atoms with Crippen molar-refractivity contribution in [2.75, 3.05) is 39.5 Å². The van der Waals surface area contributed by atoms with Crippen LogP contribution in [0.15, 0.2) is 24.3 Å². The zero-order chi connectivity index (χ0) is 20.9. The van der Waals surface area contributed by atoms with Crippen molar-refractivity contribution in [1.82, 2.24) is 10.2 Å². The molecule has 8 nitrogen and oxygen atoms in total. The first kappa shape index (κ1) is 21.0. The number of benzene rings is 1. The molecule has 0 aliphatic carbocycles. The Bertz CT molecular complexity index is 771. The molecule has 2 aliphatic heterocycles. The molecule has 2 amide bonds. The van der Waals surface area contributed by atoms with E-state index in [1.165, 1.54) is 6.08 Å². The number of fused-ring (bicyclic) bond motifs is 1. The summed E-state index contributed by atoms with van der Waals surface area (Å²) in [5.41, 5.74) is 0.303. The largest absolute Gasteiger partial charge is 0.486 e. The fourth-order valence-electron chi connectivity index (χ4n) is 2.99. The molecule has 0 radical (unpaired) electrons. The third kappa shape index (κ3) is 6.39. The van der Waals surface area contributed by atoms with E-state index in [1.54, 1.807) is 31.7 Å². The molecule has 1 aromatic carbocycles. The van der Waals surface area contributed by atoms with Gasteiger partial charge in [0.1, 0.15) is 18.8 Å². The summed E-state index contributed by atoms with van der Waals surface area (Å²) in [6.45, 7) is 8.09. The second-order valence-corrected chi connectivity index (χ2v) is 7.90. The molecule has 158 valence electrons. The predicted octanol–water partition coefficient (Wildman–Crippen LogP) is 2.22. The van der Waals surface area contributed by atoms with E-state index in [9.17, 15) is 9.59 Å². The van der Waals surface area contributed by atoms with Gasteiger partial charge in [0.15, 0.2) is 11.5 Å². The van der Waals surface area contributed by atoms with Crippen LogP contribution in [0.4, 0.5) is 4.79 Å². The lowest BCUT2D eigenvalue weighted by atomic mass is 10.1. The number of rotatable bonds is 4. The molecule has 0 spiro atoms. The summed E-state index contributed by atoms with van der Waals surface area (Å²) in [7, 11) is 0. The first-order valence-corrected chi connectivity index (χ1v) is 9.75. The van der Waals surface area contributed by atoms with Crippen molar-refractivity contribution in [3.8, 4) is 11.5 Å². The fourth-order valence-corrected chi connectivity index (χ4v) is 2.99. The van der Waals surface area contributed by atoms with Gasteiger partial charge in [-0.25, -0.2) is 4.79 Å². The summed E-state index contributed by atoms with van der Waals surface area (Å²) in [5, 5.41) is 2.69. The second kappa shape index (κ2) is 9.17. The number of hydrogen-bond acceptors (Lipinski definition) is 6. The topological polar surface area (TPSA) is 86.3 Å². The normalized spacial score (nSPS) is 19.1. The Labute approximate surface area is 170 Å². The molecule has 2 heterocycles. The standard InChI is InChI=1S/C21H28N2O6/c1-21(2,3)29-20(25)22-13-16-14-23(8-9-26-16)19(24)7-5-15-4-6-17-18(12-15)28-11-10-27-17/h4-7,12,16H,8-11,13-14H2,1-3H3,(H,22,25)/b7-5+. The van der Waals surface area contributed by atoms with Crippen LogP contribution in [0.3, 0.4) is 0 Å². The number of morpholine rings is 1. The third-order valence-electron chi connectivity index (χ3n) is 4.31. The predicted molar refractivity (Wildman–Crippen MR) is 107 cm³/mol. The van der Waals surface area contributed by atoms with Gasteiger partial charge in [-0.3, -0.25) is 4.79 Å². The molecule has 1 aromatic rings. The molecule has 1 atom stereocenters. The van der Waals surface area contributed by atoms with E-state index >= 15 is 0 Å². The fraction of sp³-hybridized carbons (Fsp3) is 0.524. The van der Waals surface area contributed by atoms with Gasteiger partial charge in [-0.05, 0) is 44.5 Å². The molecular formula is C21H28N2O6. The maximum absolute atomic E-state index is 12.5. The van der Waals surface area contributed by atoms with E-state index < -0.39 is 11.7 Å². The van der Waals surface area contributed by atoms with Crippen LogP contribution >= 0.6 is 0 Å². The first-order chi connectivity index (χ1) is 13.8. The summed E-state index contributed by atoms with van der Waals surface area (Å²) in [6.07, 6.45) is 2.52. The van der Waals surface area contributed by atoms with Gasteiger partial charge in [0.05, 0.1) is 12.7 Å². The van der Waals surface area contributed by atoms with Crippen LogP contribution < -0.4 is 14.8 Å². The highest BCUT2D eigenvalue weighted by molar-refractivity contribution is 5.92. The van der Waals surface area contributed by atoms with Crippen LogP contribution in [0.1, 0.15) is 26.3 Å². The number of amides is 2. The van der Waals surface area contributed by atoms with E-state index in [0.29, 0.717) is 44.4 Å². The first-order valence-electron chi connectivity index (χ1n) is 9.75. The number of nitrogens with one attached hydrogen (secondary N) is 1. The zero-order valence-corrected chi connectivity index (χ0v) is 17.1. The maximum atomic E-state index is 12.5. The molecule has 1 N–H and O–H groups in total. The average Bonchev–Trinajstić information content (AvgIpc) is 2.69. The minimum Gasteiger partial charge on any atom is -0.486 e.